The van der Waals surface area contributed by atoms with Crippen molar-refractivity contribution >= 4 is 11.8 Å². The van der Waals surface area contributed by atoms with Crippen LogP contribution in [0.2, 0.25) is 0 Å². The van der Waals surface area contributed by atoms with Crippen LogP contribution in [0.5, 0.6) is 0 Å². The van der Waals surface area contributed by atoms with E-state index in [1.165, 1.54) is 12.1 Å². The Hall–Kier alpha value is -2.81. The summed E-state index contributed by atoms with van der Waals surface area (Å²) in [5.74, 6) is -1.10. The lowest BCUT2D eigenvalue weighted by molar-refractivity contribution is -0.142. The van der Waals surface area contributed by atoms with Crippen LogP contribution in [0, 0.1) is 25.5 Å². The number of likely N-dealkylation sites (tertiary alicyclic amines) is 1. The average molecular weight is 431 g/mol. The zero-order valence-corrected chi connectivity index (χ0v) is 17.4. The van der Waals surface area contributed by atoms with Crippen LogP contribution < -0.4 is 0 Å². The van der Waals surface area contributed by atoms with Gasteiger partial charge < -0.3 is 19.1 Å². The maximum absolute atomic E-state index is 13.7. The molecule has 0 aliphatic carbocycles. The molecule has 9 heteroatoms. The molecule has 1 aromatic heterocycles. The molecule has 1 aromatic carbocycles. The Morgan fingerprint density at radius 1 is 1.13 bits per heavy atom. The molecule has 7 nitrogen and oxygen atoms in total. The van der Waals surface area contributed by atoms with Gasteiger partial charge in [0.1, 0.15) is 23.6 Å². The van der Waals surface area contributed by atoms with E-state index in [-0.39, 0.29) is 11.8 Å². The van der Waals surface area contributed by atoms with E-state index in [2.05, 4.69) is 5.16 Å². The Morgan fingerprint density at radius 2 is 1.81 bits per heavy atom. The van der Waals surface area contributed by atoms with Crippen molar-refractivity contribution in [3.63, 3.8) is 0 Å². The van der Waals surface area contributed by atoms with Crippen LogP contribution in [0.15, 0.2) is 22.7 Å². The second-order valence-electron chi connectivity index (χ2n) is 8.58. The largest absolute Gasteiger partial charge is 0.361 e. The first-order valence-electron chi connectivity index (χ1n) is 10.5. The molecular weight excluding hydrogens is 408 g/mol. The van der Waals surface area contributed by atoms with E-state index in [1.807, 2.05) is 0 Å². The van der Waals surface area contributed by atoms with E-state index in [4.69, 9.17) is 9.26 Å². The minimum Gasteiger partial charge on any atom is -0.361 e. The molecule has 3 aliphatic rings. The molecule has 2 atom stereocenters. The van der Waals surface area contributed by atoms with Crippen LogP contribution in [0.3, 0.4) is 0 Å². The molecule has 3 fully saturated rings. The fourth-order valence-electron chi connectivity index (χ4n) is 4.98. The van der Waals surface area contributed by atoms with Crippen molar-refractivity contribution < 1.29 is 27.6 Å². The van der Waals surface area contributed by atoms with Gasteiger partial charge in [-0.2, -0.15) is 0 Å². The normalized spacial score (nSPS) is 24.8. The van der Waals surface area contributed by atoms with Gasteiger partial charge in [0.25, 0.3) is 11.8 Å². The van der Waals surface area contributed by atoms with E-state index < -0.39 is 29.5 Å². The Balaban J connectivity index is 1.32. The number of fused-ring (bicyclic) bond motifs is 1. The van der Waals surface area contributed by atoms with Gasteiger partial charge in [-0.15, -0.1) is 0 Å². The molecule has 5 rings (SSSR count). The predicted octanol–water partition coefficient (Wildman–Crippen LogP) is 3.26. The van der Waals surface area contributed by atoms with Crippen molar-refractivity contribution in [2.45, 2.75) is 57.4 Å². The highest BCUT2D eigenvalue weighted by atomic mass is 19.1. The van der Waals surface area contributed by atoms with E-state index in [0.29, 0.717) is 61.4 Å². The Morgan fingerprint density at radius 3 is 2.42 bits per heavy atom. The fourth-order valence-corrected chi connectivity index (χ4v) is 4.98. The third-order valence-corrected chi connectivity index (χ3v) is 6.81. The third kappa shape index (κ3) is 3.13. The second-order valence-corrected chi connectivity index (χ2v) is 8.58. The van der Waals surface area contributed by atoms with E-state index in [0.717, 1.165) is 6.07 Å². The zero-order chi connectivity index (χ0) is 21.9. The molecule has 1 spiro atoms. The van der Waals surface area contributed by atoms with Crippen molar-refractivity contribution in [3.05, 3.63) is 52.4 Å². The average Bonchev–Trinajstić information content (AvgIpc) is 3.37. The van der Waals surface area contributed by atoms with Gasteiger partial charge in [0, 0.05) is 37.6 Å². The first-order chi connectivity index (χ1) is 14.8. The highest BCUT2D eigenvalue weighted by Gasteiger charge is 2.58. The highest BCUT2D eigenvalue weighted by molar-refractivity contribution is 5.94. The van der Waals surface area contributed by atoms with Crippen molar-refractivity contribution in [2.75, 3.05) is 13.1 Å². The highest BCUT2D eigenvalue weighted by Crippen LogP contribution is 2.47. The lowest BCUT2D eigenvalue weighted by atomic mass is 9.89. The zero-order valence-electron chi connectivity index (χ0n) is 17.4. The molecule has 1 unspecified atom stereocenters. The summed E-state index contributed by atoms with van der Waals surface area (Å²) in [6.45, 7) is 4.26. The smallest absolute Gasteiger partial charge is 0.276 e. The van der Waals surface area contributed by atoms with Gasteiger partial charge in [0.15, 0.2) is 11.3 Å². The predicted molar refractivity (Wildman–Crippen MR) is 104 cm³/mol. The summed E-state index contributed by atoms with van der Waals surface area (Å²) < 4.78 is 38.8. The number of nitrogens with zero attached hydrogens (tertiary/aromatic N) is 3. The third-order valence-electron chi connectivity index (χ3n) is 6.81. The number of aryl methyl sites for hydroxylation is 1. The minimum absolute atomic E-state index is 0.162. The van der Waals surface area contributed by atoms with Crippen molar-refractivity contribution in [1.29, 1.82) is 0 Å². The number of piperidine rings is 1. The first-order valence-corrected chi connectivity index (χ1v) is 10.5. The van der Waals surface area contributed by atoms with Crippen LogP contribution in [0.4, 0.5) is 8.78 Å². The molecule has 31 heavy (non-hydrogen) atoms. The van der Waals surface area contributed by atoms with E-state index in [9.17, 15) is 18.4 Å². The second kappa shape index (κ2) is 7.12. The van der Waals surface area contributed by atoms with E-state index >= 15 is 0 Å². The number of hydrogen-bond acceptors (Lipinski definition) is 5. The molecule has 2 amide bonds. The van der Waals surface area contributed by atoms with Gasteiger partial charge >= 0.3 is 0 Å². The molecule has 0 saturated carbocycles. The molecule has 0 bridgehead atoms. The summed E-state index contributed by atoms with van der Waals surface area (Å²) >= 11 is 0. The number of rotatable bonds is 2. The van der Waals surface area contributed by atoms with Gasteiger partial charge in [0.05, 0.1) is 6.04 Å². The first kappa shape index (κ1) is 20.1. The minimum atomic E-state index is -0.999. The molecule has 2 aromatic rings. The number of ether oxygens (including phenoxy) is 1. The van der Waals surface area contributed by atoms with Crippen molar-refractivity contribution in [1.82, 2.24) is 15.0 Å². The van der Waals surface area contributed by atoms with Crippen molar-refractivity contribution in [3.8, 4) is 0 Å². The summed E-state index contributed by atoms with van der Waals surface area (Å²) in [5, 5.41) is 3.86. The number of benzene rings is 1. The number of halogens is 2. The SMILES string of the molecule is Cc1onc(C(=O)N2CCC3(CC2)OC2CC[C@@H](c4cc(F)cc(F)c4)N2C3=O)c1C. The number of hydrogen-bond donors (Lipinski definition) is 0. The topological polar surface area (TPSA) is 75.9 Å². The summed E-state index contributed by atoms with van der Waals surface area (Å²) in [7, 11) is 0. The van der Waals surface area contributed by atoms with Gasteiger partial charge in [0.2, 0.25) is 0 Å². The Labute approximate surface area is 177 Å². The molecule has 164 valence electrons. The van der Waals surface area contributed by atoms with Crippen LogP contribution in [-0.2, 0) is 9.53 Å². The van der Waals surface area contributed by atoms with Crippen LogP contribution in [0.1, 0.15) is 59.1 Å². The van der Waals surface area contributed by atoms with Gasteiger partial charge in [-0.3, -0.25) is 9.59 Å². The van der Waals surface area contributed by atoms with Crippen LogP contribution in [-0.4, -0.2) is 51.7 Å². The lowest BCUT2D eigenvalue weighted by Crippen LogP contribution is -2.51. The molecule has 0 N–H and O–H groups in total. The van der Waals surface area contributed by atoms with Gasteiger partial charge in [-0.1, -0.05) is 5.16 Å². The Bertz CT molecular complexity index is 1040. The molecule has 3 aliphatic heterocycles. The maximum atomic E-state index is 13.7. The number of aromatic nitrogens is 1. The van der Waals surface area contributed by atoms with Gasteiger partial charge in [-0.25, -0.2) is 8.78 Å². The standard InChI is InChI=1S/C22H23F2N3O4/c1-12-13(2)31-25-19(12)20(28)26-7-5-22(6-8-26)21(29)27-17(3-4-18(27)30-22)14-9-15(23)11-16(24)10-14/h9-11,17-18H,3-8H2,1-2H3/t17-,18?/m0/s1. The number of carbonyl (C=O) groups is 2. The maximum Gasteiger partial charge on any atom is 0.276 e. The van der Waals surface area contributed by atoms with Crippen LogP contribution in [0.25, 0.3) is 0 Å². The van der Waals surface area contributed by atoms with Gasteiger partial charge in [-0.05, 0) is 44.4 Å². The molecular formula is C22H23F2N3O4. The lowest BCUT2D eigenvalue weighted by Gasteiger charge is -2.37. The summed E-state index contributed by atoms with van der Waals surface area (Å²) in [6, 6.07) is 2.96. The summed E-state index contributed by atoms with van der Waals surface area (Å²) in [6.07, 6.45) is 1.52. The Kier molecular flexibility index (Phi) is 4.62. The molecule has 0 radical (unpaired) electrons. The van der Waals surface area contributed by atoms with E-state index in [1.54, 1.807) is 23.6 Å². The number of amides is 2. The summed E-state index contributed by atoms with van der Waals surface area (Å²) in [5.41, 5.74) is 0.449. The quantitative estimate of drug-likeness (QED) is 0.730. The fraction of sp³-hybridized carbons (Fsp3) is 0.500. The monoisotopic (exact) mass is 431 g/mol. The molecule has 4 heterocycles. The van der Waals surface area contributed by atoms with Crippen LogP contribution >= 0.6 is 0 Å². The summed E-state index contributed by atoms with van der Waals surface area (Å²) in [4.78, 5) is 29.5. The van der Waals surface area contributed by atoms with Crippen molar-refractivity contribution in [2.24, 2.45) is 0 Å². The molecule has 3 saturated heterocycles. The number of carbonyl (C=O) groups excluding carboxylic acids is 2.